The van der Waals surface area contributed by atoms with E-state index in [0.29, 0.717) is 19.0 Å². The van der Waals surface area contributed by atoms with Crippen molar-refractivity contribution in [1.29, 1.82) is 0 Å². The van der Waals surface area contributed by atoms with Gasteiger partial charge < -0.3 is 10.2 Å². The summed E-state index contributed by atoms with van der Waals surface area (Å²) >= 11 is 0. The summed E-state index contributed by atoms with van der Waals surface area (Å²) in [6, 6.07) is 0. The standard InChI is InChI=1S/C14H27N3O2S.HI/c1-5-15-13(16-9-12-8-11(12)2)17-6-7-20(18,19)14(3,4)10-17;/h11-12H,5-10H2,1-4H3,(H,15,16);1H. The lowest BCUT2D eigenvalue weighted by molar-refractivity contribution is 0.353. The summed E-state index contributed by atoms with van der Waals surface area (Å²) in [4.78, 5) is 6.79. The van der Waals surface area contributed by atoms with Gasteiger partial charge in [0.1, 0.15) is 0 Å². The van der Waals surface area contributed by atoms with Gasteiger partial charge in [0.05, 0.1) is 10.5 Å². The molecule has 1 N–H and O–H groups in total. The van der Waals surface area contributed by atoms with Gasteiger partial charge >= 0.3 is 0 Å². The van der Waals surface area contributed by atoms with Crippen LogP contribution in [0.1, 0.15) is 34.1 Å². The fourth-order valence-corrected chi connectivity index (χ4v) is 3.97. The van der Waals surface area contributed by atoms with E-state index in [0.717, 1.165) is 25.0 Å². The lowest BCUT2D eigenvalue weighted by atomic mass is 10.2. The van der Waals surface area contributed by atoms with Crippen molar-refractivity contribution in [2.45, 2.75) is 38.9 Å². The third-order valence-corrected chi connectivity index (χ3v) is 6.96. The smallest absolute Gasteiger partial charge is 0.194 e. The minimum absolute atomic E-state index is 0. The van der Waals surface area contributed by atoms with Crippen molar-refractivity contribution in [3.05, 3.63) is 0 Å². The van der Waals surface area contributed by atoms with E-state index < -0.39 is 14.6 Å². The maximum atomic E-state index is 12.1. The molecule has 0 aromatic heterocycles. The Bertz CT molecular complexity index is 490. The molecule has 2 unspecified atom stereocenters. The third-order valence-electron chi connectivity index (χ3n) is 4.43. The zero-order valence-corrected chi connectivity index (χ0v) is 16.6. The fraction of sp³-hybridized carbons (Fsp3) is 0.929. The van der Waals surface area contributed by atoms with Crippen molar-refractivity contribution < 1.29 is 8.42 Å². The van der Waals surface area contributed by atoms with Gasteiger partial charge in [-0.2, -0.15) is 0 Å². The Morgan fingerprint density at radius 2 is 2.05 bits per heavy atom. The molecule has 7 heteroatoms. The number of guanidine groups is 1. The van der Waals surface area contributed by atoms with Gasteiger partial charge in [0, 0.05) is 26.2 Å². The summed E-state index contributed by atoms with van der Waals surface area (Å²) in [5.74, 6) is 2.59. The molecule has 0 spiro atoms. The zero-order chi connectivity index (χ0) is 15.0. The first-order chi connectivity index (χ1) is 9.27. The van der Waals surface area contributed by atoms with Crippen molar-refractivity contribution in [2.75, 3.05) is 31.9 Å². The highest BCUT2D eigenvalue weighted by atomic mass is 127. The van der Waals surface area contributed by atoms with Crippen LogP contribution >= 0.6 is 24.0 Å². The molecule has 124 valence electrons. The van der Waals surface area contributed by atoms with Crippen molar-refractivity contribution in [1.82, 2.24) is 10.2 Å². The SMILES string of the molecule is CCNC(=NCC1CC1C)N1CCS(=O)(=O)C(C)(C)C1.I. The molecule has 2 fully saturated rings. The second kappa shape index (κ2) is 7.02. The van der Waals surface area contributed by atoms with Gasteiger partial charge in [-0.05, 0) is 39.0 Å². The van der Waals surface area contributed by atoms with Crippen molar-refractivity contribution in [3.8, 4) is 0 Å². The van der Waals surface area contributed by atoms with Gasteiger partial charge in [0.25, 0.3) is 0 Å². The molecule has 2 rings (SSSR count). The lowest BCUT2D eigenvalue weighted by Gasteiger charge is -2.39. The van der Waals surface area contributed by atoms with Crippen LogP contribution in [-0.2, 0) is 9.84 Å². The quantitative estimate of drug-likeness (QED) is 0.422. The molecule has 0 aromatic rings. The molecule has 2 atom stereocenters. The summed E-state index contributed by atoms with van der Waals surface area (Å²) in [5, 5.41) is 3.30. The first kappa shape index (κ1) is 19.0. The molecular formula is C14H28IN3O2S. The predicted molar refractivity (Wildman–Crippen MR) is 98.1 cm³/mol. The van der Waals surface area contributed by atoms with Crippen molar-refractivity contribution in [2.24, 2.45) is 16.8 Å². The normalized spacial score (nSPS) is 30.5. The van der Waals surface area contributed by atoms with Crippen LogP contribution in [0.4, 0.5) is 0 Å². The fourth-order valence-electron chi connectivity index (χ4n) is 2.61. The van der Waals surface area contributed by atoms with Crippen LogP contribution in [0.2, 0.25) is 0 Å². The molecular weight excluding hydrogens is 401 g/mol. The Morgan fingerprint density at radius 1 is 1.43 bits per heavy atom. The van der Waals surface area contributed by atoms with Crippen LogP contribution in [-0.4, -0.2) is 56.0 Å². The monoisotopic (exact) mass is 429 g/mol. The number of hydrogen-bond donors (Lipinski definition) is 1. The van der Waals surface area contributed by atoms with Crippen LogP contribution in [0, 0.1) is 11.8 Å². The summed E-state index contributed by atoms with van der Waals surface area (Å²) in [6.07, 6.45) is 1.27. The minimum atomic E-state index is -2.99. The summed E-state index contributed by atoms with van der Waals surface area (Å²) < 4.78 is 23.4. The highest BCUT2D eigenvalue weighted by Crippen LogP contribution is 2.37. The summed E-state index contributed by atoms with van der Waals surface area (Å²) in [7, 11) is -2.99. The van der Waals surface area contributed by atoms with E-state index in [9.17, 15) is 8.42 Å². The average Bonchev–Trinajstić information content (AvgIpc) is 3.04. The Kier molecular flexibility index (Phi) is 6.35. The number of nitrogens with zero attached hydrogens (tertiary/aromatic N) is 2. The highest BCUT2D eigenvalue weighted by molar-refractivity contribution is 14.0. The van der Waals surface area contributed by atoms with Crippen LogP contribution < -0.4 is 5.32 Å². The first-order valence-corrected chi connectivity index (χ1v) is 9.17. The molecule has 2 aliphatic rings. The maximum absolute atomic E-state index is 12.1. The van der Waals surface area contributed by atoms with Crippen molar-refractivity contribution >= 4 is 39.8 Å². The van der Waals surface area contributed by atoms with Gasteiger partial charge in [0.15, 0.2) is 15.8 Å². The summed E-state index contributed by atoms with van der Waals surface area (Å²) in [5.41, 5.74) is 0. The van der Waals surface area contributed by atoms with Crippen LogP contribution in [0.15, 0.2) is 4.99 Å². The van der Waals surface area contributed by atoms with Gasteiger partial charge in [-0.3, -0.25) is 4.99 Å². The number of nitrogens with one attached hydrogen (secondary N) is 1. The molecule has 1 saturated carbocycles. The minimum Gasteiger partial charge on any atom is -0.357 e. The van der Waals surface area contributed by atoms with E-state index in [4.69, 9.17) is 4.99 Å². The van der Waals surface area contributed by atoms with Crippen molar-refractivity contribution in [3.63, 3.8) is 0 Å². The third kappa shape index (κ3) is 4.46. The van der Waals surface area contributed by atoms with Crippen LogP contribution in [0.3, 0.4) is 0 Å². The topological polar surface area (TPSA) is 61.8 Å². The van der Waals surface area contributed by atoms with E-state index >= 15 is 0 Å². The molecule has 0 bridgehead atoms. The predicted octanol–water partition coefficient (Wildman–Crippen LogP) is 1.73. The van der Waals surface area contributed by atoms with Crippen LogP contribution in [0.5, 0.6) is 0 Å². The molecule has 5 nitrogen and oxygen atoms in total. The van der Waals surface area contributed by atoms with E-state index in [2.05, 4.69) is 17.1 Å². The van der Waals surface area contributed by atoms with E-state index in [1.165, 1.54) is 6.42 Å². The average molecular weight is 429 g/mol. The second-order valence-electron chi connectivity index (χ2n) is 6.67. The van der Waals surface area contributed by atoms with Gasteiger partial charge in [-0.15, -0.1) is 24.0 Å². The number of rotatable bonds is 3. The molecule has 1 aliphatic heterocycles. The lowest BCUT2D eigenvalue weighted by Crippen LogP contribution is -2.57. The largest absolute Gasteiger partial charge is 0.357 e. The number of halogens is 1. The molecule has 1 aliphatic carbocycles. The molecule has 21 heavy (non-hydrogen) atoms. The maximum Gasteiger partial charge on any atom is 0.194 e. The Balaban J connectivity index is 0.00000220. The van der Waals surface area contributed by atoms with E-state index in [-0.39, 0.29) is 29.7 Å². The highest BCUT2D eigenvalue weighted by Gasteiger charge is 2.41. The molecule has 0 amide bonds. The van der Waals surface area contributed by atoms with E-state index in [1.807, 2.05) is 6.92 Å². The zero-order valence-electron chi connectivity index (χ0n) is 13.4. The number of aliphatic imine (C=N–C) groups is 1. The Hall–Kier alpha value is -0.0500. The van der Waals surface area contributed by atoms with E-state index in [1.54, 1.807) is 13.8 Å². The molecule has 0 aromatic carbocycles. The number of sulfone groups is 1. The van der Waals surface area contributed by atoms with Gasteiger partial charge in [-0.1, -0.05) is 6.92 Å². The Labute approximate surface area is 145 Å². The first-order valence-electron chi connectivity index (χ1n) is 7.52. The van der Waals surface area contributed by atoms with Gasteiger partial charge in [0.2, 0.25) is 0 Å². The second-order valence-corrected chi connectivity index (χ2v) is 9.41. The van der Waals surface area contributed by atoms with Crippen LogP contribution in [0.25, 0.3) is 0 Å². The van der Waals surface area contributed by atoms with Gasteiger partial charge in [-0.25, -0.2) is 8.42 Å². The number of hydrogen-bond acceptors (Lipinski definition) is 3. The molecule has 1 heterocycles. The Morgan fingerprint density at radius 3 is 2.52 bits per heavy atom. The molecule has 1 saturated heterocycles. The summed E-state index contributed by atoms with van der Waals surface area (Å²) in [6.45, 7) is 10.6. The molecule has 0 radical (unpaired) electrons.